The van der Waals surface area contributed by atoms with Crippen molar-refractivity contribution in [2.75, 3.05) is 13.1 Å². The van der Waals surface area contributed by atoms with E-state index < -0.39 is 6.23 Å². The molecular weight excluding hydrogens is 204 g/mol. The summed E-state index contributed by atoms with van der Waals surface area (Å²) >= 11 is 0. The van der Waals surface area contributed by atoms with Crippen LogP contribution in [0.25, 0.3) is 0 Å². The first kappa shape index (κ1) is 13.5. The van der Waals surface area contributed by atoms with Crippen molar-refractivity contribution < 1.29 is 9.90 Å². The van der Waals surface area contributed by atoms with Crippen molar-refractivity contribution in [2.24, 2.45) is 11.8 Å². The SMILES string of the molecule is CC(=O)NCC1CCCC(CNC(C)O)C1. The molecule has 1 aliphatic rings. The molecular formula is C12H24N2O2. The fourth-order valence-electron chi connectivity index (χ4n) is 2.40. The lowest BCUT2D eigenvalue weighted by atomic mass is 9.81. The Kier molecular flexibility index (Phi) is 5.77. The average molecular weight is 228 g/mol. The molecule has 4 heteroatoms. The van der Waals surface area contributed by atoms with Crippen molar-refractivity contribution in [3.63, 3.8) is 0 Å². The number of carbonyl (C=O) groups is 1. The first-order chi connectivity index (χ1) is 7.58. The molecule has 4 nitrogen and oxygen atoms in total. The van der Waals surface area contributed by atoms with Crippen LogP contribution in [-0.2, 0) is 4.79 Å². The van der Waals surface area contributed by atoms with Crippen molar-refractivity contribution in [3.05, 3.63) is 0 Å². The van der Waals surface area contributed by atoms with E-state index in [1.807, 2.05) is 0 Å². The molecule has 0 saturated heterocycles. The molecule has 0 heterocycles. The van der Waals surface area contributed by atoms with Gasteiger partial charge in [-0.1, -0.05) is 6.42 Å². The Labute approximate surface area is 97.8 Å². The van der Waals surface area contributed by atoms with Crippen LogP contribution in [0.5, 0.6) is 0 Å². The number of hydrogen-bond donors (Lipinski definition) is 3. The number of carbonyl (C=O) groups excluding carboxylic acids is 1. The fourth-order valence-corrected chi connectivity index (χ4v) is 2.40. The summed E-state index contributed by atoms with van der Waals surface area (Å²) in [5.74, 6) is 1.31. The third-order valence-electron chi connectivity index (χ3n) is 3.23. The zero-order valence-electron chi connectivity index (χ0n) is 10.3. The zero-order valence-corrected chi connectivity index (χ0v) is 10.3. The highest BCUT2D eigenvalue weighted by Crippen LogP contribution is 2.28. The maximum atomic E-state index is 10.8. The van der Waals surface area contributed by atoms with Crippen LogP contribution in [0.3, 0.4) is 0 Å². The van der Waals surface area contributed by atoms with Gasteiger partial charge in [0.25, 0.3) is 0 Å². The Morgan fingerprint density at radius 1 is 1.38 bits per heavy atom. The second kappa shape index (κ2) is 6.86. The van der Waals surface area contributed by atoms with Crippen LogP contribution < -0.4 is 10.6 Å². The van der Waals surface area contributed by atoms with Crippen LogP contribution in [0, 0.1) is 11.8 Å². The summed E-state index contributed by atoms with van der Waals surface area (Å²) in [6.45, 7) is 5.00. The summed E-state index contributed by atoms with van der Waals surface area (Å²) in [6.07, 6.45) is 4.41. The molecule has 0 aromatic carbocycles. The molecule has 0 spiro atoms. The highest BCUT2D eigenvalue weighted by molar-refractivity contribution is 5.72. The molecule has 3 atom stereocenters. The molecule has 16 heavy (non-hydrogen) atoms. The number of nitrogens with one attached hydrogen (secondary N) is 2. The molecule has 3 unspecified atom stereocenters. The predicted molar refractivity (Wildman–Crippen MR) is 63.8 cm³/mol. The molecule has 0 aromatic rings. The molecule has 1 aliphatic carbocycles. The van der Waals surface area contributed by atoms with Crippen LogP contribution in [0.15, 0.2) is 0 Å². The Balaban J connectivity index is 2.21. The second-order valence-corrected chi connectivity index (χ2v) is 4.92. The maximum absolute atomic E-state index is 10.8. The normalized spacial score (nSPS) is 27.4. The van der Waals surface area contributed by atoms with E-state index >= 15 is 0 Å². The number of hydrogen-bond acceptors (Lipinski definition) is 3. The first-order valence-electron chi connectivity index (χ1n) is 6.23. The third kappa shape index (κ3) is 5.47. The first-order valence-corrected chi connectivity index (χ1v) is 6.23. The quantitative estimate of drug-likeness (QED) is 0.612. The number of aliphatic hydroxyl groups excluding tert-OH is 1. The minimum absolute atomic E-state index is 0.0595. The van der Waals surface area contributed by atoms with Gasteiger partial charge in [-0.3, -0.25) is 10.1 Å². The lowest BCUT2D eigenvalue weighted by Crippen LogP contribution is -2.35. The maximum Gasteiger partial charge on any atom is 0.216 e. The Morgan fingerprint density at radius 3 is 2.56 bits per heavy atom. The van der Waals surface area contributed by atoms with E-state index in [9.17, 15) is 4.79 Å². The van der Waals surface area contributed by atoms with E-state index in [1.54, 1.807) is 13.8 Å². The fraction of sp³-hybridized carbons (Fsp3) is 0.917. The van der Waals surface area contributed by atoms with Gasteiger partial charge in [0.1, 0.15) is 6.23 Å². The minimum atomic E-state index is -0.421. The highest BCUT2D eigenvalue weighted by Gasteiger charge is 2.21. The van der Waals surface area contributed by atoms with E-state index in [4.69, 9.17) is 5.11 Å². The molecule has 0 radical (unpaired) electrons. The van der Waals surface area contributed by atoms with Crippen LogP contribution >= 0.6 is 0 Å². The van der Waals surface area contributed by atoms with Gasteiger partial charge in [0.15, 0.2) is 0 Å². The largest absolute Gasteiger partial charge is 0.379 e. The molecule has 3 N–H and O–H groups in total. The van der Waals surface area contributed by atoms with Crippen molar-refractivity contribution in [3.8, 4) is 0 Å². The molecule has 0 aliphatic heterocycles. The predicted octanol–water partition coefficient (Wildman–Crippen LogP) is 0.857. The lowest BCUT2D eigenvalue weighted by Gasteiger charge is -2.29. The van der Waals surface area contributed by atoms with Gasteiger partial charge >= 0.3 is 0 Å². The molecule has 0 bridgehead atoms. The van der Waals surface area contributed by atoms with E-state index in [-0.39, 0.29) is 5.91 Å². The van der Waals surface area contributed by atoms with Crippen LogP contribution in [-0.4, -0.2) is 30.3 Å². The number of rotatable bonds is 5. The van der Waals surface area contributed by atoms with Crippen LogP contribution in [0.1, 0.15) is 39.5 Å². The standard InChI is InChI=1S/C12H24N2O2/c1-9(15)13-7-11-4-3-5-12(6-11)8-14-10(2)16/h9,11-13,15H,3-8H2,1-2H3,(H,14,16). The van der Waals surface area contributed by atoms with E-state index in [0.717, 1.165) is 19.5 Å². The summed E-state index contributed by atoms with van der Waals surface area (Å²) in [6, 6.07) is 0. The van der Waals surface area contributed by atoms with E-state index in [0.29, 0.717) is 11.8 Å². The molecule has 0 aromatic heterocycles. The topological polar surface area (TPSA) is 61.4 Å². The Morgan fingerprint density at radius 2 is 2.00 bits per heavy atom. The van der Waals surface area contributed by atoms with Gasteiger partial charge in [-0.05, 0) is 38.0 Å². The van der Waals surface area contributed by atoms with Gasteiger partial charge in [0.05, 0.1) is 0 Å². The molecule has 94 valence electrons. The van der Waals surface area contributed by atoms with Gasteiger partial charge in [-0.25, -0.2) is 0 Å². The molecule has 1 saturated carbocycles. The van der Waals surface area contributed by atoms with Gasteiger partial charge in [-0.2, -0.15) is 0 Å². The lowest BCUT2D eigenvalue weighted by molar-refractivity contribution is -0.119. The number of aliphatic hydroxyl groups is 1. The van der Waals surface area contributed by atoms with Crippen molar-refractivity contribution in [2.45, 2.75) is 45.8 Å². The van der Waals surface area contributed by atoms with Gasteiger partial charge in [0.2, 0.25) is 5.91 Å². The smallest absolute Gasteiger partial charge is 0.216 e. The Bertz CT molecular complexity index is 219. The van der Waals surface area contributed by atoms with Crippen molar-refractivity contribution in [1.82, 2.24) is 10.6 Å². The van der Waals surface area contributed by atoms with Crippen LogP contribution in [0.4, 0.5) is 0 Å². The Hall–Kier alpha value is -0.610. The van der Waals surface area contributed by atoms with Gasteiger partial charge in [-0.15, -0.1) is 0 Å². The molecule has 1 amide bonds. The van der Waals surface area contributed by atoms with Crippen molar-refractivity contribution in [1.29, 1.82) is 0 Å². The summed E-state index contributed by atoms with van der Waals surface area (Å²) in [5, 5.41) is 15.1. The third-order valence-corrected chi connectivity index (χ3v) is 3.23. The zero-order chi connectivity index (χ0) is 12.0. The van der Waals surface area contributed by atoms with E-state index in [2.05, 4.69) is 10.6 Å². The summed E-state index contributed by atoms with van der Waals surface area (Å²) < 4.78 is 0. The van der Waals surface area contributed by atoms with E-state index in [1.165, 1.54) is 19.3 Å². The van der Waals surface area contributed by atoms with Crippen LogP contribution in [0.2, 0.25) is 0 Å². The van der Waals surface area contributed by atoms with Gasteiger partial charge < -0.3 is 10.4 Å². The summed E-state index contributed by atoms with van der Waals surface area (Å²) in [7, 11) is 0. The summed E-state index contributed by atoms with van der Waals surface area (Å²) in [5.41, 5.74) is 0. The highest BCUT2D eigenvalue weighted by atomic mass is 16.3. The average Bonchev–Trinajstić information content (AvgIpc) is 2.24. The van der Waals surface area contributed by atoms with Crippen molar-refractivity contribution >= 4 is 5.91 Å². The molecule has 1 fully saturated rings. The molecule has 1 rings (SSSR count). The summed E-state index contributed by atoms with van der Waals surface area (Å²) in [4.78, 5) is 10.8. The number of amides is 1. The monoisotopic (exact) mass is 228 g/mol. The second-order valence-electron chi connectivity index (χ2n) is 4.92. The minimum Gasteiger partial charge on any atom is -0.379 e. The van der Waals surface area contributed by atoms with Gasteiger partial charge in [0, 0.05) is 20.0 Å².